The Morgan fingerprint density at radius 2 is 1.45 bits per heavy atom. The van der Waals surface area contributed by atoms with Gasteiger partial charge in [0.05, 0.1) is 0 Å². The molecule has 0 aromatic carbocycles. The van der Waals surface area contributed by atoms with Crippen molar-refractivity contribution in [2.75, 3.05) is 0 Å². The topological polar surface area (TPSA) is 0 Å². The van der Waals surface area contributed by atoms with Crippen molar-refractivity contribution in [3.63, 3.8) is 0 Å². The summed E-state index contributed by atoms with van der Waals surface area (Å²) in [6, 6.07) is 0. The second-order valence-electron chi connectivity index (χ2n) is 4.50. The van der Waals surface area contributed by atoms with Gasteiger partial charge >= 0.3 is 0 Å². The smallest absolute Gasteiger partial charge is 0.0258 e. The van der Waals surface area contributed by atoms with E-state index in [1.165, 1.54) is 44.9 Å². The highest BCUT2D eigenvalue weighted by Gasteiger charge is 2.45. The molecule has 0 unspecified atom stereocenters. The molecule has 3 saturated carbocycles. The summed E-state index contributed by atoms with van der Waals surface area (Å²) >= 11 is 3.89. The molecule has 0 amide bonds. The van der Waals surface area contributed by atoms with E-state index in [1.54, 1.807) is 0 Å². The molecule has 64 valence electrons. The highest BCUT2D eigenvalue weighted by atomic mass is 79.9. The maximum Gasteiger partial charge on any atom is 0.0258 e. The second kappa shape index (κ2) is 2.48. The summed E-state index contributed by atoms with van der Waals surface area (Å²) in [5.74, 6) is 0. The highest BCUT2D eigenvalue weighted by molar-refractivity contribution is 9.10. The van der Waals surface area contributed by atoms with Crippen molar-refractivity contribution < 1.29 is 0 Å². The Kier molecular flexibility index (Phi) is 1.83. The van der Waals surface area contributed by atoms with E-state index in [4.69, 9.17) is 0 Å². The molecule has 0 aromatic heterocycles. The minimum Gasteiger partial charge on any atom is -0.0853 e. The fourth-order valence-corrected chi connectivity index (χ4v) is 3.34. The average molecular weight is 217 g/mol. The van der Waals surface area contributed by atoms with Gasteiger partial charge < -0.3 is 0 Å². The molecule has 0 aliphatic heterocycles. The van der Waals surface area contributed by atoms with Crippen LogP contribution in [0.25, 0.3) is 0 Å². The monoisotopic (exact) mass is 216 g/mol. The van der Waals surface area contributed by atoms with Crippen LogP contribution in [0.5, 0.6) is 0 Å². The number of halogens is 1. The van der Waals surface area contributed by atoms with Crippen LogP contribution in [-0.2, 0) is 0 Å². The maximum absolute atomic E-state index is 3.89. The molecule has 0 saturated heterocycles. The van der Waals surface area contributed by atoms with E-state index in [0.717, 1.165) is 5.41 Å². The van der Waals surface area contributed by atoms with Gasteiger partial charge in [-0.05, 0) is 43.9 Å². The van der Waals surface area contributed by atoms with Crippen LogP contribution in [0, 0.1) is 5.41 Å². The molecule has 11 heavy (non-hydrogen) atoms. The number of hydrogen-bond acceptors (Lipinski definition) is 0. The first-order valence-electron chi connectivity index (χ1n) is 4.87. The Hall–Kier alpha value is 0.480. The average Bonchev–Trinajstić information content (AvgIpc) is 2.07. The van der Waals surface area contributed by atoms with E-state index in [-0.39, 0.29) is 0 Å². The largest absolute Gasteiger partial charge is 0.0853 e. The van der Waals surface area contributed by atoms with E-state index in [9.17, 15) is 0 Å². The second-order valence-corrected chi connectivity index (χ2v) is 6.19. The first kappa shape index (κ1) is 8.10. The molecule has 3 fully saturated rings. The quantitative estimate of drug-likeness (QED) is 0.584. The molecule has 0 N–H and O–H groups in total. The lowest BCUT2D eigenvalue weighted by Crippen LogP contribution is -2.41. The summed E-state index contributed by atoms with van der Waals surface area (Å²) in [6.07, 6.45) is 10.1. The molecule has 0 nitrogen and oxygen atoms in total. The molecule has 0 radical (unpaired) electrons. The summed E-state index contributed by atoms with van der Waals surface area (Å²) in [4.78, 5) is 0. The van der Waals surface area contributed by atoms with E-state index in [1.807, 2.05) is 0 Å². The van der Waals surface area contributed by atoms with Crippen LogP contribution in [0.15, 0.2) is 0 Å². The summed E-state index contributed by atoms with van der Waals surface area (Å²) in [6.45, 7) is 2.37. The third-order valence-electron chi connectivity index (χ3n) is 4.06. The van der Waals surface area contributed by atoms with Gasteiger partial charge in [0, 0.05) is 4.32 Å². The molecule has 0 atom stereocenters. The van der Waals surface area contributed by atoms with Crippen molar-refractivity contribution in [3.05, 3.63) is 0 Å². The lowest BCUT2D eigenvalue weighted by atomic mass is 9.59. The van der Waals surface area contributed by atoms with E-state index >= 15 is 0 Å². The minimum atomic E-state index is 0.573. The number of hydrogen-bond donors (Lipinski definition) is 0. The summed E-state index contributed by atoms with van der Waals surface area (Å²) < 4.78 is 0.573. The van der Waals surface area contributed by atoms with Gasteiger partial charge in [0.15, 0.2) is 0 Å². The predicted molar refractivity (Wildman–Crippen MR) is 52.1 cm³/mol. The van der Waals surface area contributed by atoms with Crippen LogP contribution in [0.3, 0.4) is 0 Å². The molecule has 2 bridgehead atoms. The molecule has 3 rings (SSSR count). The molecule has 1 heteroatoms. The Bertz CT molecular complexity index is 138. The fraction of sp³-hybridized carbons (Fsp3) is 1.00. The molecule has 0 aromatic rings. The molecule has 0 heterocycles. The Morgan fingerprint density at radius 1 is 1.00 bits per heavy atom. The normalized spacial score (nSPS) is 49.6. The third-order valence-corrected chi connectivity index (χ3v) is 5.25. The molecule has 3 aliphatic rings. The predicted octanol–water partition coefficient (Wildman–Crippen LogP) is 3.88. The van der Waals surface area contributed by atoms with Crippen LogP contribution >= 0.6 is 15.9 Å². The van der Waals surface area contributed by atoms with Crippen LogP contribution in [0.1, 0.15) is 51.9 Å². The van der Waals surface area contributed by atoms with Crippen LogP contribution < -0.4 is 0 Å². The Labute approximate surface area is 77.9 Å². The van der Waals surface area contributed by atoms with E-state index in [0.29, 0.717) is 4.32 Å². The fourth-order valence-electron chi connectivity index (χ4n) is 2.75. The van der Waals surface area contributed by atoms with Crippen molar-refractivity contribution in [2.45, 2.75) is 56.2 Å². The van der Waals surface area contributed by atoms with Crippen molar-refractivity contribution in [3.8, 4) is 0 Å². The highest BCUT2D eigenvalue weighted by Crippen LogP contribution is 2.57. The summed E-state index contributed by atoms with van der Waals surface area (Å²) in [5.41, 5.74) is 0.773. The van der Waals surface area contributed by atoms with Crippen LogP contribution in [0.2, 0.25) is 0 Å². The van der Waals surface area contributed by atoms with E-state index < -0.39 is 0 Å². The van der Waals surface area contributed by atoms with Crippen molar-refractivity contribution in [2.24, 2.45) is 5.41 Å². The maximum atomic E-state index is 3.89. The number of fused-ring (bicyclic) bond motifs is 3. The van der Waals surface area contributed by atoms with Crippen LogP contribution in [0.4, 0.5) is 0 Å². The molecule has 0 spiro atoms. The van der Waals surface area contributed by atoms with Gasteiger partial charge in [0.25, 0.3) is 0 Å². The number of rotatable bonds is 1. The van der Waals surface area contributed by atoms with Crippen molar-refractivity contribution >= 4 is 15.9 Å². The first-order chi connectivity index (χ1) is 5.18. The van der Waals surface area contributed by atoms with Gasteiger partial charge in [-0.15, -0.1) is 0 Å². The Morgan fingerprint density at radius 3 is 1.82 bits per heavy atom. The van der Waals surface area contributed by atoms with E-state index in [2.05, 4.69) is 22.9 Å². The molecular weight excluding hydrogens is 200 g/mol. The summed E-state index contributed by atoms with van der Waals surface area (Å²) in [5, 5.41) is 0. The minimum absolute atomic E-state index is 0.573. The zero-order valence-electron chi connectivity index (χ0n) is 7.33. The SMILES string of the molecule is CCC12CCC(Br)(CC1)CC2. The van der Waals surface area contributed by atoms with Gasteiger partial charge in [-0.25, -0.2) is 0 Å². The van der Waals surface area contributed by atoms with Gasteiger partial charge in [-0.3, -0.25) is 0 Å². The standard InChI is InChI=1S/C10H17Br/c1-2-9-3-6-10(11,7-4-9)8-5-9/h2-8H2,1H3. The lowest BCUT2D eigenvalue weighted by Gasteiger charge is -2.50. The zero-order chi connectivity index (χ0) is 7.95. The van der Waals surface area contributed by atoms with Crippen molar-refractivity contribution in [1.29, 1.82) is 0 Å². The van der Waals surface area contributed by atoms with Gasteiger partial charge in [-0.1, -0.05) is 29.3 Å². The van der Waals surface area contributed by atoms with Gasteiger partial charge in [0.2, 0.25) is 0 Å². The molecule has 3 aliphatic carbocycles. The van der Waals surface area contributed by atoms with Gasteiger partial charge in [-0.2, -0.15) is 0 Å². The van der Waals surface area contributed by atoms with Crippen LogP contribution in [-0.4, -0.2) is 4.32 Å². The van der Waals surface area contributed by atoms with Gasteiger partial charge in [0.1, 0.15) is 0 Å². The zero-order valence-corrected chi connectivity index (χ0v) is 8.91. The third kappa shape index (κ3) is 1.26. The number of alkyl halides is 1. The lowest BCUT2D eigenvalue weighted by molar-refractivity contribution is 0.0816. The molecular formula is C10H17Br. The Balaban J connectivity index is 2.12. The van der Waals surface area contributed by atoms with Crippen molar-refractivity contribution in [1.82, 2.24) is 0 Å². The first-order valence-corrected chi connectivity index (χ1v) is 5.66. The summed E-state index contributed by atoms with van der Waals surface area (Å²) in [7, 11) is 0.